The van der Waals surface area contributed by atoms with Crippen LogP contribution in [0.1, 0.15) is 17.5 Å². The second kappa shape index (κ2) is 5.16. The molecule has 18 heavy (non-hydrogen) atoms. The number of nitrogens with two attached hydrogens (primary N) is 1. The quantitative estimate of drug-likeness (QED) is 0.642. The Morgan fingerprint density at radius 3 is 2.83 bits per heavy atom. The predicted octanol–water partition coefficient (Wildman–Crippen LogP) is 1.95. The van der Waals surface area contributed by atoms with E-state index in [1.807, 2.05) is 17.6 Å². The molecule has 1 atom stereocenters. The summed E-state index contributed by atoms with van der Waals surface area (Å²) < 4.78 is 42.8. The molecule has 6 heteroatoms. The number of hydrogen-bond donors (Lipinski definition) is 2. The Bertz CT molecular complexity index is 420. The molecular weight excluding hydrogens is 245 g/mol. The van der Waals surface area contributed by atoms with Gasteiger partial charge in [0.2, 0.25) is 0 Å². The van der Waals surface area contributed by atoms with Gasteiger partial charge in [0.25, 0.3) is 0 Å². The van der Waals surface area contributed by atoms with E-state index >= 15 is 0 Å². The van der Waals surface area contributed by atoms with Gasteiger partial charge in [-0.1, -0.05) is 12.1 Å². The molecule has 1 aromatic carbocycles. The maximum Gasteiger partial charge on any atom is 0.405 e. The van der Waals surface area contributed by atoms with Crippen LogP contribution in [0.4, 0.5) is 13.2 Å². The Balaban J connectivity index is 1.98. The highest BCUT2D eigenvalue weighted by molar-refractivity contribution is 5.39. The molecule has 3 nitrogen and oxygen atoms in total. The van der Waals surface area contributed by atoms with Gasteiger partial charge < -0.3 is 4.74 Å². The zero-order valence-electron chi connectivity index (χ0n) is 9.76. The fourth-order valence-electron chi connectivity index (χ4n) is 2.05. The molecule has 0 amide bonds. The molecule has 1 aromatic rings. The van der Waals surface area contributed by atoms with Crippen molar-refractivity contribution < 1.29 is 17.9 Å². The van der Waals surface area contributed by atoms with Gasteiger partial charge in [-0.05, 0) is 30.0 Å². The minimum absolute atomic E-state index is 0.0698. The molecule has 0 bridgehead atoms. The summed E-state index contributed by atoms with van der Waals surface area (Å²) in [6.07, 6.45) is -3.23. The molecule has 0 radical (unpaired) electrons. The highest BCUT2D eigenvalue weighted by atomic mass is 19.4. The molecule has 1 aliphatic rings. The number of nitrogens with one attached hydrogen (secondary N) is 1. The van der Waals surface area contributed by atoms with Crippen LogP contribution >= 0.6 is 0 Å². The van der Waals surface area contributed by atoms with Crippen molar-refractivity contribution in [1.82, 2.24) is 5.43 Å². The Kier molecular flexibility index (Phi) is 3.77. The van der Waals surface area contributed by atoms with E-state index in [9.17, 15) is 13.2 Å². The van der Waals surface area contributed by atoms with Crippen LogP contribution in [0.2, 0.25) is 0 Å². The number of hydrogen-bond acceptors (Lipinski definition) is 3. The second-order valence-electron chi connectivity index (χ2n) is 4.34. The zero-order valence-corrected chi connectivity index (χ0v) is 9.76. The maximum absolute atomic E-state index is 12.5. The smallest absolute Gasteiger partial charge is 0.405 e. The number of benzene rings is 1. The Labute approximate surface area is 103 Å². The van der Waals surface area contributed by atoms with Gasteiger partial charge in [-0.3, -0.25) is 5.84 Å². The van der Waals surface area contributed by atoms with Crippen LogP contribution < -0.4 is 16.0 Å². The highest BCUT2D eigenvalue weighted by Crippen LogP contribution is 2.27. The fourth-order valence-corrected chi connectivity index (χ4v) is 2.05. The lowest BCUT2D eigenvalue weighted by Gasteiger charge is -2.19. The largest absolute Gasteiger partial charge is 0.493 e. The van der Waals surface area contributed by atoms with Crippen molar-refractivity contribution in [2.45, 2.75) is 31.5 Å². The van der Waals surface area contributed by atoms with Crippen LogP contribution in [0.5, 0.6) is 5.75 Å². The number of aryl methyl sites for hydroxylation is 1. The normalized spacial score (nSPS) is 16.2. The highest BCUT2D eigenvalue weighted by Gasteiger charge is 2.38. The third-order valence-electron chi connectivity index (χ3n) is 3.07. The van der Waals surface area contributed by atoms with Gasteiger partial charge in [-0.25, -0.2) is 5.43 Å². The number of alkyl halides is 3. The van der Waals surface area contributed by atoms with Gasteiger partial charge in [0.15, 0.2) is 0 Å². The molecule has 3 N–H and O–H groups in total. The maximum atomic E-state index is 12.5. The monoisotopic (exact) mass is 260 g/mol. The van der Waals surface area contributed by atoms with Gasteiger partial charge in [0.05, 0.1) is 6.61 Å². The minimum Gasteiger partial charge on any atom is -0.493 e. The third kappa shape index (κ3) is 2.94. The van der Waals surface area contributed by atoms with E-state index in [0.717, 1.165) is 23.3 Å². The van der Waals surface area contributed by atoms with Crippen LogP contribution in [0.3, 0.4) is 0 Å². The fraction of sp³-hybridized carbons (Fsp3) is 0.500. The number of ether oxygens (including phenoxy) is 1. The number of rotatable bonds is 4. The molecule has 1 aliphatic heterocycles. The van der Waals surface area contributed by atoms with E-state index < -0.39 is 12.2 Å². The molecule has 0 saturated heterocycles. The average molecular weight is 260 g/mol. The van der Waals surface area contributed by atoms with E-state index in [1.54, 1.807) is 6.07 Å². The van der Waals surface area contributed by atoms with E-state index in [4.69, 9.17) is 10.6 Å². The van der Waals surface area contributed by atoms with E-state index in [-0.39, 0.29) is 6.42 Å². The molecule has 1 heterocycles. The van der Waals surface area contributed by atoms with Crippen LogP contribution in [0, 0.1) is 0 Å². The predicted molar refractivity (Wildman–Crippen MR) is 61.1 cm³/mol. The Morgan fingerprint density at radius 2 is 2.17 bits per heavy atom. The molecule has 0 fully saturated rings. The molecule has 1 unspecified atom stereocenters. The molecule has 0 aromatic heterocycles. The molecule has 100 valence electrons. The van der Waals surface area contributed by atoms with Crippen LogP contribution in [0.25, 0.3) is 0 Å². The first kappa shape index (κ1) is 13.2. The first-order chi connectivity index (χ1) is 8.50. The third-order valence-corrected chi connectivity index (χ3v) is 3.07. The first-order valence-corrected chi connectivity index (χ1v) is 5.78. The van der Waals surface area contributed by atoms with Gasteiger partial charge in [0.1, 0.15) is 11.8 Å². The summed E-state index contributed by atoms with van der Waals surface area (Å²) in [4.78, 5) is 0. The van der Waals surface area contributed by atoms with E-state index in [2.05, 4.69) is 0 Å². The minimum atomic E-state index is -4.31. The van der Waals surface area contributed by atoms with Crippen molar-refractivity contribution >= 4 is 0 Å². The van der Waals surface area contributed by atoms with Crippen LogP contribution in [-0.4, -0.2) is 18.8 Å². The van der Waals surface area contributed by atoms with Crippen molar-refractivity contribution in [1.29, 1.82) is 0 Å². The average Bonchev–Trinajstić information content (AvgIpc) is 2.75. The lowest BCUT2D eigenvalue weighted by atomic mass is 10.0. The van der Waals surface area contributed by atoms with Gasteiger partial charge in [0, 0.05) is 6.42 Å². The summed E-state index contributed by atoms with van der Waals surface area (Å²) in [5, 5.41) is 0. The lowest BCUT2D eigenvalue weighted by molar-refractivity contribution is -0.157. The van der Waals surface area contributed by atoms with Gasteiger partial charge in [-0.2, -0.15) is 13.2 Å². The Morgan fingerprint density at radius 1 is 1.39 bits per heavy atom. The van der Waals surface area contributed by atoms with Crippen molar-refractivity contribution in [3.8, 4) is 5.75 Å². The van der Waals surface area contributed by atoms with Crippen LogP contribution in [0.15, 0.2) is 18.2 Å². The Hall–Kier alpha value is -1.27. The first-order valence-electron chi connectivity index (χ1n) is 5.78. The molecular formula is C12H15F3N2O. The summed E-state index contributed by atoms with van der Waals surface area (Å²) in [7, 11) is 0. The van der Waals surface area contributed by atoms with Crippen LogP contribution in [-0.2, 0) is 12.8 Å². The zero-order chi connectivity index (χ0) is 13.2. The number of halogens is 3. The van der Waals surface area contributed by atoms with Crippen molar-refractivity contribution in [3.05, 3.63) is 29.3 Å². The standard InChI is InChI=1S/C12H15F3N2O/c13-12(14,15)11(17-16)4-2-8-1-3-10-9(7-8)5-6-18-10/h1,3,7,11,17H,2,4-6,16H2. The summed E-state index contributed by atoms with van der Waals surface area (Å²) in [6.45, 7) is 0.647. The summed E-state index contributed by atoms with van der Waals surface area (Å²) in [5.41, 5.74) is 3.76. The summed E-state index contributed by atoms with van der Waals surface area (Å²) in [6, 6.07) is 3.86. The van der Waals surface area contributed by atoms with E-state index in [0.29, 0.717) is 13.0 Å². The second-order valence-corrected chi connectivity index (χ2v) is 4.34. The molecule has 0 spiro atoms. The topological polar surface area (TPSA) is 47.3 Å². The van der Waals surface area contributed by atoms with Gasteiger partial charge in [-0.15, -0.1) is 0 Å². The number of fused-ring (bicyclic) bond motifs is 1. The van der Waals surface area contributed by atoms with Gasteiger partial charge >= 0.3 is 6.18 Å². The summed E-state index contributed by atoms with van der Waals surface area (Å²) in [5.74, 6) is 5.76. The summed E-state index contributed by atoms with van der Waals surface area (Å²) >= 11 is 0. The molecule has 2 rings (SSSR count). The van der Waals surface area contributed by atoms with Crippen molar-refractivity contribution in [2.75, 3.05) is 6.61 Å². The van der Waals surface area contributed by atoms with Crippen molar-refractivity contribution in [3.63, 3.8) is 0 Å². The molecule has 0 aliphatic carbocycles. The van der Waals surface area contributed by atoms with Crippen molar-refractivity contribution in [2.24, 2.45) is 5.84 Å². The number of hydrazine groups is 1. The SMILES string of the molecule is NNC(CCc1ccc2c(c1)CCO2)C(F)(F)F. The molecule has 0 saturated carbocycles. The van der Waals surface area contributed by atoms with E-state index in [1.165, 1.54) is 0 Å². The lowest BCUT2D eigenvalue weighted by Crippen LogP contribution is -2.46.